The fraction of sp³-hybridized carbons (Fsp3) is 0.450. The summed E-state index contributed by atoms with van der Waals surface area (Å²) in [7, 11) is 1.66. The topological polar surface area (TPSA) is 59.3 Å². The summed E-state index contributed by atoms with van der Waals surface area (Å²) in [5, 5.41) is 7.46. The van der Waals surface area contributed by atoms with Gasteiger partial charge in [0.1, 0.15) is 5.69 Å². The Labute approximate surface area is 158 Å². The molecule has 0 saturated carbocycles. The number of hydrogen-bond donors (Lipinski definition) is 1. The third-order valence-electron chi connectivity index (χ3n) is 4.92. The normalized spacial score (nSPS) is 11.5. The van der Waals surface area contributed by atoms with Crippen molar-refractivity contribution in [1.29, 1.82) is 0 Å². The van der Waals surface area contributed by atoms with Crippen LogP contribution in [-0.4, -0.2) is 27.6 Å². The van der Waals surface area contributed by atoms with Crippen molar-refractivity contribution in [3.05, 3.63) is 39.5 Å². The van der Waals surface area contributed by atoms with E-state index in [1.54, 1.807) is 7.05 Å². The fourth-order valence-electron chi connectivity index (χ4n) is 3.52. The van der Waals surface area contributed by atoms with Crippen LogP contribution in [0.4, 0.5) is 0 Å². The molecule has 1 N–H and O–H groups in total. The van der Waals surface area contributed by atoms with Crippen molar-refractivity contribution in [2.24, 2.45) is 0 Å². The lowest BCUT2D eigenvalue weighted by molar-refractivity contribution is 0.0967. The van der Waals surface area contributed by atoms with Gasteiger partial charge in [-0.3, -0.25) is 4.79 Å². The van der Waals surface area contributed by atoms with E-state index in [2.05, 4.69) is 25.2 Å². The van der Waals surface area contributed by atoms with Crippen molar-refractivity contribution in [1.82, 2.24) is 19.9 Å². The number of thiophene rings is 1. The summed E-state index contributed by atoms with van der Waals surface area (Å²) in [5.41, 5.74) is 6.20. The van der Waals surface area contributed by atoms with Gasteiger partial charge in [0, 0.05) is 12.6 Å². The van der Waals surface area contributed by atoms with Gasteiger partial charge in [0.05, 0.1) is 21.1 Å². The average molecular weight is 371 g/mol. The smallest absolute Gasteiger partial charge is 0.261 e. The molecule has 0 fully saturated rings. The van der Waals surface area contributed by atoms with Crippen molar-refractivity contribution in [3.8, 4) is 10.6 Å². The maximum absolute atomic E-state index is 12.0. The molecule has 3 aromatic rings. The molecule has 138 valence electrons. The SMILES string of the molecule is CCC(CC)c1cc(C)nn2c(-c3sc(C(=O)NC)cc3C)c(C)nc12. The van der Waals surface area contributed by atoms with Crippen molar-refractivity contribution >= 4 is 22.9 Å². The number of aryl methyl sites for hydroxylation is 3. The number of rotatable bonds is 5. The van der Waals surface area contributed by atoms with Crippen LogP contribution in [-0.2, 0) is 0 Å². The Hall–Kier alpha value is -2.21. The molecule has 5 nitrogen and oxygen atoms in total. The quantitative estimate of drug-likeness (QED) is 0.711. The zero-order valence-corrected chi connectivity index (χ0v) is 17.1. The van der Waals surface area contributed by atoms with Gasteiger partial charge in [-0.1, -0.05) is 13.8 Å². The van der Waals surface area contributed by atoms with Crippen LogP contribution < -0.4 is 5.32 Å². The van der Waals surface area contributed by atoms with Gasteiger partial charge in [-0.05, 0) is 57.2 Å². The highest BCUT2D eigenvalue weighted by molar-refractivity contribution is 7.17. The lowest BCUT2D eigenvalue weighted by atomic mass is 9.95. The van der Waals surface area contributed by atoms with E-state index in [0.717, 1.165) is 46.0 Å². The molecule has 0 aliphatic heterocycles. The standard InChI is InChI=1S/C20H26N4OS/c1-7-14(8-2)15-10-12(4)23-24-17(13(5)22-19(15)24)18-11(3)9-16(26-18)20(25)21-6/h9-10,14H,7-8H2,1-6H3,(H,21,25). The molecule has 0 bridgehead atoms. The number of nitrogens with zero attached hydrogens (tertiary/aromatic N) is 3. The van der Waals surface area contributed by atoms with Crippen LogP contribution in [0, 0.1) is 20.8 Å². The minimum atomic E-state index is -0.0577. The van der Waals surface area contributed by atoms with Crippen LogP contribution >= 0.6 is 11.3 Å². The van der Waals surface area contributed by atoms with Crippen LogP contribution in [0.25, 0.3) is 16.2 Å². The number of amides is 1. The minimum absolute atomic E-state index is 0.0577. The van der Waals surface area contributed by atoms with E-state index in [1.165, 1.54) is 16.9 Å². The van der Waals surface area contributed by atoms with Crippen LogP contribution in [0.15, 0.2) is 12.1 Å². The third-order valence-corrected chi connectivity index (χ3v) is 6.16. The first kappa shape index (κ1) is 18.6. The Balaban J connectivity index is 2.27. The minimum Gasteiger partial charge on any atom is -0.354 e. The first-order chi connectivity index (χ1) is 12.4. The molecule has 0 saturated heterocycles. The maximum Gasteiger partial charge on any atom is 0.261 e. The number of nitrogens with one attached hydrogen (secondary N) is 1. The molecular weight excluding hydrogens is 344 g/mol. The maximum atomic E-state index is 12.0. The van der Waals surface area contributed by atoms with Crippen LogP contribution in [0.5, 0.6) is 0 Å². The molecule has 0 unspecified atom stereocenters. The Kier molecular flexibility index (Phi) is 5.14. The predicted octanol–water partition coefficient (Wildman–Crippen LogP) is 4.65. The van der Waals surface area contributed by atoms with Gasteiger partial charge in [0.2, 0.25) is 0 Å². The zero-order chi connectivity index (χ0) is 19.0. The van der Waals surface area contributed by atoms with E-state index in [0.29, 0.717) is 10.8 Å². The lowest BCUT2D eigenvalue weighted by Crippen LogP contribution is -2.16. The summed E-state index contributed by atoms with van der Waals surface area (Å²) < 4.78 is 1.98. The molecule has 26 heavy (non-hydrogen) atoms. The van der Waals surface area contributed by atoms with Crippen LogP contribution in [0.3, 0.4) is 0 Å². The second-order valence-electron chi connectivity index (χ2n) is 6.74. The number of imidazole rings is 1. The number of fused-ring (bicyclic) bond motifs is 1. The fourth-order valence-corrected chi connectivity index (χ4v) is 4.72. The lowest BCUT2D eigenvalue weighted by Gasteiger charge is -2.14. The molecule has 0 aliphatic rings. The first-order valence-electron chi connectivity index (χ1n) is 9.10. The Morgan fingerprint density at radius 3 is 2.54 bits per heavy atom. The number of hydrogen-bond acceptors (Lipinski definition) is 4. The van der Waals surface area contributed by atoms with Gasteiger partial charge in [0.15, 0.2) is 5.65 Å². The van der Waals surface area contributed by atoms with Crippen molar-refractivity contribution in [2.75, 3.05) is 7.05 Å². The number of carbonyl (C=O) groups excluding carboxylic acids is 1. The van der Waals surface area contributed by atoms with Crippen LogP contribution in [0.2, 0.25) is 0 Å². The highest BCUT2D eigenvalue weighted by atomic mass is 32.1. The van der Waals surface area contributed by atoms with Crippen molar-refractivity contribution in [3.63, 3.8) is 0 Å². The van der Waals surface area contributed by atoms with Gasteiger partial charge in [-0.2, -0.15) is 5.10 Å². The molecule has 0 radical (unpaired) electrons. The molecule has 1 amide bonds. The zero-order valence-electron chi connectivity index (χ0n) is 16.3. The molecule has 0 aromatic carbocycles. The van der Waals surface area contributed by atoms with E-state index < -0.39 is 0 Å². The van der Waals surface area contributed by atoms with E-state index in [1.807, 2.05) is 31.4 Å². The number of carbonyl (C=O) groups is 1. The van der Waals surface area contributed by atoms with Gasteiger partial charge in [-0.25, -0.2) is 9.50 Å². The van der Waals surface area contributed by atoms with E-state index in [4.69, 9.17) is 10.1 Å². The van der Waals surface area contributed by atoms with Gasteiger partial charge in [0.25, 0.3) is 5.91 Å². The molecule has 3 aromatic heterocycles. The summed E-state index contributed by atoms with van der Waals surface area (Å²) in [6.07, 6.45) is 2.16. The summed E-state index contributed by atoms with van der Waals surface area (Å²) in [6, 6.07) is 4.11. The Bertz CT molecular complexity index is 966. The molecule has 0 aliphatic carbocycles. The summed E-state index contributed by atoms with van der Waals surface area (Å²) in [4.78, 5) is 18.7. The molecule has 0 spiro atoms. The largest absolute Gasteiger partial charge is 0.354 e. The van der Waals surface area contributed by atoms with Gasteiger partial charge >= 0.3 is 0 Å². The molecule has 0 atom stereocenters. The van der Waals surface area contributed by atoms with E-state index in [-0.39, 0.29) is 5.91 Å². The molecule has 3 rings (SSSR count). The summed E-state index contributed by atoms with van der Waals surface area (Å²) in [5.74, 6) is 0.414. The Morgan fingerprint density at radius 2 is 1.92 bits per heavy atom. The average Bonchev–Trinajstić information content (AvgIpc) is 3.14. The monoisotopic (exact) mass is 370 g/mol. The molecule has 6 heteroatoms. The van der Waals surface area contributed by atoms with E-state index >= 15 is 0 Å². The van der Waals surface area contributed by atoms with E-state index in [9.17, 15) is 4.79 Å². The summed E-state index contributed by atoms with van der Waals surface area (Å²) in [6.45, 7) is 10.5. The second-order valence-corrected chi connectivity index (χ2v) is 7.79. The molecule has 3 heterocycles. The predicted molar refractivity (Wildman–Crippen MR) is 107 cm³/mol. The summed E-state index contributed by atoms with van der Waals surface area (Å²) >= 11 is 1.50. The van der Waals surface area contributed by atoms with Crippen molar-refractivity contribution < 1.29 is 4.79 Å². The molecular formula is C20H26N4OS. The van der Waals surface area contributed by atoms with Crippen molar-refractivity contribution in [2.45, 2.75) is 53.4 Å². The Morgan fingerprint density at radius 1 is 1.23 bits per heavy atom. The number of aromatic nitrogens is 3. The highest BCUT2D eigenvalue weighted by Crippen LogP contribution is 2.36. The van der Waals surface area contributed by atoms with Gasteiger partial charge < -0.3 is 5.32 Å². The first-order valence-corrected chi connectivity index (χ1v) is 9.92. The van der Waals surface area contributed by atoms with Gasteiger partial charge in [-0.15, -0.1) is 11.3 Å². The van der Waals surface area contributed by atoms with Crippen LogP contribution in [0.1, 0.15) is 64.8 Å². The third kappa shape index (κ3) is 3.03. The second kappa shape index (κ2) is 7.19. The highest BCUT2D eigenvalue weighted by Gasteiger charge is 2.22.